The lowest BCUT2D eigenvalue weighted by molar-refractivity contribution is -0.0932. The van der Waals surface area contributed by atoms with Gasteiger partial charge < -0.3 is 19.9 Å². The van der Waals surface area contributed by atoms with Crippen molar-refractivity contribution in [3.05, 3.63) is 45.9 Å². The number of nitrogens with one attached hydrogen (secondary N) is 2. The zero-order chi connectivity index (χ0) is 23.9. The van der Waals surface area contributed by atoms with Crippen LogP contribution < -0.4 is 10.0 Å². The standard InChI is InChI=1S/C20H29N3O7S2/c1-5-29-17(24)11-15-12-31-18(21-15)16(22-19(25)30-20(2,3)4)10-13-6-8-14(9-7-13)23-32(26,27)28/h6-9,12,16-17,23-24H,5,10-11H2,1-4H3,(H,22,25)(H,26,27,28)/t16-,17?/m0/s1. The molecule has 0 aliphatic carbocycles. The lowest BCUT2D eigenvalue weighted by atomic mass is 10.1. The van der Waals surface area contributed by atoms with Crippen LogP contribution in [-0.4, -0.2) is 47.7 Å². The van der Waals surface area contributed by atoms with Crippen LogP contribution in [0.25, 0.3) is 0 Å². The summed E-state index contributed by atoms with van der Waals surface area (Å²) in [5, 5.41) is 15.1. The van der Waals surface area contributed by atoms with E-state index in [1.165, 1.54) is 23.5 Å². The molecule has 1 aromatic heterocycles. The van der Waals surface area contributed by atoms with Gasteiger partial charge in [-0.3, -0.25) is 9.27 Å². The third-order valence-electron chi connectivity index (χ3n) is 3.94. The van der Waals surface area contributed by atoms with Gasteiger partial charge in [-0.2, -0.15) is 8.42 Å². The van der Waals surface area contributed by atoms with Crippen molar-refractivity contribution in [1.82, 2.24) is 10.3 Å². The van der Waals surface area contributed by atoms with Crippen molar-refractivity contribution in [2.24, 2.45) is 0 Å². The number of thiazole rings is 1. The third-order valence-corrected chi connectivity index (χ3v) is 5.44. The van der Waals surface area contributed by atoms with E-state index in [0.29, 0.717) is 23.7 Å². The van der Waals surface area contributed by atoms with Crippen LogP contribution in [0.3, 0.4) is 0 Å². The van der Waals surface area contributed by atoms with Crippen molar-refractivity contribution in [2.45, 2.75) is 58.5 Å². The number of hydrogen-bond donors (Lipinski definition) is 4. The predicted octanol–water partition coefficient (Wildman–Crippen LogP) is 3.06. The summed E-state index contributed by atoms with van der Waals surface area (Å²) >= 11 is 1.34. The summed E-state index contributed by atoms with van der Waals surface area (Å²) in [5.74, 6) is 0. The topological polar surface area (TPSA) is 147 Å². The highest BCUT2D eigenvalue weighted by Gasteiger charge is 2.23. The largest absolute Gasteiger partial charge is 0.444 e. The van der Waals surface area contributed by atoms with E-state index < -0.39 is 34.3 Å². The van der Waals surface area contributed by atoms with Crippen LogP contribution in [0.4, 0.5) is 10.5 Å². The number of alkyl carbamates (subject to hydrolysis) is 1. The van der Waals surface area contributed by atoms with E-state index in [9.17, 15) is 18.3 Å². The molecular formula is C20H29N3O7S2. The molecular weight excluding hydrogens is 458 g/mol. The van der Waals surface area contributed by atoms with Crippen LogP contribution >= 0.6 is 11.3 Å². The maximum Gasteiger partial charge on any atom is 0.408 e. The number of rotatable bonds is 10. The fraction of sp³-hybridized carbons (Fsp3) is 0.500. The summed E-state index contributed by atoms with van der Waals surface area (Å²) in [4.78, 5) is 16.9. The first-order valence-electron chi connectivity index (χ1n) is 9.92. The fourth-order valence-electron chi connectivity index (χ4n) is 2.75. The summed E-state index contributed by atoms with van der Waals surface area (Å²) < 4.78 is 43.3. The Morgan fingerprint density at radius 2 is 1.88 bits per heavy atom. The van der Waals surface area contributed by atoms with Gasteiger partial charge in [-0.15, -0.1) is 11.3 Å². The number of carbonyl (C=O) groups excluding carboxylic acids is 1. The molecule has 0 saturated carbocycles. The number of hydrogen-bond acceptors (Lipinski definition) is 8. The number of aliphatic hydroxyl groups excluding tert-OH is 1. The molecule has 12 heteroatoms. The summed E-state index contributed by atoms with van der Waals surface area (Å²) in [6, 6.07) is 5.82. The van der Waals surface area contributed by atoms with Crippen LogP contribution in [-0.2, 0) is 32.6 Å². The van der Waals surface area contributed by atoms with Gasteiger partial charge in [0.15, 0.2) is 6.29 Å². The molecule has 0 fully saturated rings. The van der Waals surface area contributed by atoms with Gasteiger partial charge in [0.1, 0.15) is 10.6 Å². The van der Waals surface area contributed by atoms with Gasteiger partial charge in [-0.25, -0.2) is 9.78 Å². The summed E-state index contributed by atoms with van der Waals surface area (Å²) in [6.07, 6.45) is -0.986. The summed E-state index contributed by atoms with van der Waals surface area (Å²) in [6.45, 7) is 7.45. The average Bonchev–Trinajstić information content (AvgIpc) is 3.08. The van der Waals surface area contributed by atoms with Gasteiger partial charge in [0, 0.05) is 18.4 Å². The number of ether oxygens (including phenoxy) is 2. The van der Waals surface area contributed by atoms with Gasteiger partial charge >= 0.3 is 16.4 Å². The molecule has 1 heterocycles. The predicted molar refractivity (Wildman–Crippen MR) is 121 cm³/mol. The zero-order valence-corrected chi connectivity index (χ0v) is 20.0. The van der Waals surface area contributed by atoms with E-state index >= 15 is 0 Å². The van der Waals surface area contributed by atoms with Crippen LogP contribution in [0.5, 0.6) is 0 Å². The molecule has 2 aromatic rings. The molecule has 0 bridgehead atoms. The molecule has 10 nitrogen and oxygen atoms in total. The molecule has 1 unspecified atom stereocenters. The maximum atomic E-state index is 12.4. The molecule has 4 N–H and O–H groups in total. The number of aliphatic hydroxyl groups is 1. The van der Waals surface area contributed by atoms with Crippen molar-refractivity contribution < 1.29 is 32.3 Å². The first-order chi connectivity index (χ1) is 14.8. The number of amides is 1. The van der Waals surface area contributed by atoms with Crippen molar-refractivity contribution in [3.63, 3.8) is 0 Å². The lowest BCUT2D eigenvalue weighted by Crippen LogP contribution is -2.35. The van der Waals surface area contributed by atoms with Gasteiger partial charge in [0.05, 0.1) is 17.4 Å². The number of nitrogens with zero attached hydrogens (tertiary/aromatic N) is 1. The van der Waals surface area contributed by atoms with E-state index in [1.807, 2.05) is 4.72 Å². The second kappa shape index (κ2) is 11.1. The quantitative estimate of drug-likeness (QED) is 0.295. The summed E-state index contributed by atoms with van der Waals surface area (Å²) in [7, 11) is -4.36. The number of benzene rings is 1. The first kappa shape index (κ1) is 26.0. The Bertz CT molecular complexity index is 985. The third kappa shape index (κ3) is 9.49. The molecule has 0 radical (unpaired) electrons. The molecule has 178 valence electrons. The van der Waals surface area contributed by atoms with Gasteiger partial charge in [0.25, 0.3) is 0 Å². The Balaban J connectivity index is 2.19. The minimum absolute atomic E-state index is 0.203. The number of carbonyl (C=O) groups is 1. The molecule has 0 saturated heterocycles. The maximum absolute atomic E-state index is 12.4. The molecule has 1 amide bonds. The minimum atomic E-state index is -4.36. The zero-order valence-electron chi connectivity index (χ0n) is 18.4. The van der Waals surface area contributed by atoms with Crippen LogP contribution in [0, 0.1) is 0 Å². The Morgan fingerprint density at radius 3 is 2.44 bits per heavy atom. The molecule has 2 rings (SSSR count). The van der Waals surface area contributed by atoms with E-state index in [-0.39, 0.29) is 12.1 Å². The SMILES string of the molecule is CCOC(O)Cc1csc([C@H](Cc2ccc(NS(=O)(=O)O)cc2)NC(=O)OC(C)(C)C)n1. The molecule has 1 aromatic carbocycles. The van der Waals surface area contributed by atoms with Crippen LogP contribution in [0.1, 0.15) is 50.0 Å². The van der Waals surface area contributed by atoms with Crippen molar-refractivity contribution >= 4 is 33.4 Å². The molecule has 2 atom stereocenters. The highest BCUT2D eigenvalue weighted by molar-refractivity contribution is 7.87. The fourth-order valence-corrected chi connectivity index (χ4v) is 4.07. The van der Waals surface area contributed by atoms with Gasteiger partial charge in [0.2, 0.25) is 0 Å². The second-order valence-corrected chi connectivity index (χ2v) is 10.0. The Morgan fingerprint density at radius 1 is 1.22 bits per heavy atom. The molecule has 0 aliphatic rings. The van der Waals surface area contributed by atoms with E-state index in [4.69, 9.17) is 14.0 Å². The highest BCUT2D eigenvalue weighted by Crippen LogP contribution is 2.25. The Hall–Kier alpha value is -2.25. The number of anilines is 1. The highest BCUT2D eigenvalue weighted by atomic mass is 32.2. The first-order valence-corrected chi connectivity index (χ1v) is 12.2. The van der Waals surface area contributed by atoms with Crippen LogP contribution in [0.15, 0.2) is 29.6 Å². The van der Waals surface area contributed by atoms with Crippen LogP contribution in [0.2, 0.25) is 0 Å². The van der Waals surface area contributed by atoms with E-state index in [0.717, 1.165) is 5.56 Å². The van der Waals surface area contributed by atoms with Crippen molar-refractivity contribution in [1.29, 1.82) is 0 Å². The monoisotopic (exact) mass is 487 g/mol. The average molecular weight is 488 g/mol. The Kier molecular flexibility index (Phi) is 8.98. The van der Waals surface area contributed by atoms with Crippen molar-refractivity contribution in [2.75, 3.05) is 11.3 Å². The summed E-state index contributed by atoms with van der Waals surface area (Å²) in [5.41, 5.74) is 0.954. The lowest BCUT2D eigenvalue weighted by Gasteiger charge is -2.23. The molecule has 32 heavy (non-hydrogen) atoms. The molecule has 0 aliphatic heterocycles. The van der Waals surface area contributed by atoms with E-state index in [2.05, 4.69) is 10.3 Å². The van der Waals surface area contributed by atoms with E-state index in [1.54, 1.807) is 45.2 Å². The Labute approximate surface area is 191 Å². The normalized spacial score (nSPS) is 13.9. The van der Waals surface area contributed by atoms with Crippen molar-refractivity contribution in [3.8, 4) is 0 Å². The number of aromatic nitrogens is 1. The molecule has 0 spiro atoms. The van der Waals surface area contributed by atoms with Gasteiger partial charge in [-0.05, 0) is 51.8 Å². The minimum Gasteiger partial charge on any atom is -0.444 e. The second-order valence-electron chi connectivity index (χ2n) is 7.97. The van der Waals surface area contributed by atoms with Gasteiger partial charge in [-0.1, -0.05) is 12.1 Å². The smallest absolute Gasteiger partial charge is 0.408 e.